The average Bonchev–Trinajstić information content (AvgIpc) is 2.48. The van der Waals surface area contributed by atoms with Gasteiger partial charge in [-0.1, -0.05) is 42.4 Å². The highest BCUT2D eigenvalue weighted by Gasteiger charge is 2.17. The fourth-order valence-corrected chi connectivity index (χ4v) is 2.78. The maximum absolute atomic E-state index is 8.94. The van der Waals surface area contributed by atoms with Crippen LogP contribution in [0.5, 0.6) is 0 Å². The molecule has 0 fully saturated rings. The van der Waals surface area contributed by atoms with Crippen molar-refractivity contribution < 1.29 is 5.21 Å². The molecule has 1 aromatic carbocycles. The molecule has 0 amide bonds. The van der Waals surface area contributed by atoms with E-state index in [0.717, 1.165) is 23.5 Å². The Morgan fingerprint density at radius 2 is 2.10 bits per heavy atom. The Labute approximate surface area is 125 Å². The second-order valence-electron chi connectivity index (χ2n) is 4.78. The monoisotopic (exact) mass is 295 g/mol. The Hall–Kier alpha value is -1.20. The number of nitrogens with zero attached hydrogens (tertiary/aromatic N) is 1. The Bertz CT molecular complexity index is 397. The van der Waals surface area contributed by atoms with E-state index in [1.165, 1.54) is 0 Å². The van der Waals surface area contributed by atoms with Crippen LogP contribution in [0.2, 0.25) is 0 Å². The third-order valence-corrected chi connectivity index (χ3v) is 4.18. The molecule has 2 unspecified atom stereocenters. The molecule has 0 aliphatic rings. The predicted octanol–water partition coefficient (Wildman–Crippen LogP) is 2.64. The first-order chi connectivity index (χ1) is 9.69. The summed E-state index contributed by atoms with van der Waals surface area (Å²) < 4.78 is 0. The summed E-state index contributed by atoms with van der Waals surface area (Å²) in [5.41, 5.74) is 6.87. The van der Waals surface area contributed by atoms with Crippen LogP contribution in [-0.2, 0) is 0 Å². The molecule has 0 saturated carbocycles. The normalized spacial score (nSPS) is 15.0. The highest BCUT2D eigenvalue weighted by Crippen LogP contribution is 2.15. The third-order valence-electron chi connectivity index (χ3n) is 3.24. The van der Waals surface area contributed by atoms with Gasteiger partial charge in [-0.3, -0.25) is 0 Å². The van der Waals surface area contributed by atoms with Crippen molar-refractivity contribution in [3.63, 3.8) is 0 Å². The molecule has 0 radical (unpaired) electrons. The minimum atomic E-state index is -0.0949. The summed E-state index contributed by atoms with van der Waals surface area (Å²) >= 11 is 1.95. The number of amidine groups is 1. The van der Waals surface area contributed by atoms with Crippen molar-refractivity contribution in [2.75, 3.05) is 18.1 Å². The lowest BCUT2D eigenvalue weighted by Gasteiger charge is -2.20. The van der Waals surface area contributed by atoms with E-state index in [4.69, 9.17) is 10.9 Å². The summed E-state index contributed by atoms with van der Waals surface area (Å²) in [5, 5.41) is 15.6. The highest BCUT2D eigenvalue weighted by molar-refractivity contribution is 7.99. The zero-order valence-corrected chi connectivity index (χ0v) is 13.1. The zero-order chi connectivity index (χ0) is 14.8. The molecule has 0 aliphatic heterocycles. The minimum Gasteiger partial charge on any atom is -0.409 e. The number of nitrogens with one attached hydrogen (secondary N) is 1. The average molecular weight is 295 g/mol. The molecule has 0 bridgehead atoms. The molecule has 0 spiro atoms. The van der Waals surface area contributed by atoms with E-state index in [-0.39, 0.29) is 11.8 Å². The van der Waals surface area contributed by atoms with E-state index in [9.17, 15) is 0 Å². The van der Waals surface area contributed by atoms with E-state index in [1.54, 1.807) is 0 Å². The summed E-state index contributed by atoms with van der Waals surface area (Å²) in [4.78, 5) is 0. The predicted molar refractivity (Wildman–Crippen MR) is 87.7 cm³/mol. The number of hydrogen-bond donors (Lipinski definition) is 3. The van der Waals surface area contributed by atoms with E-state index < -0.39 is 0 Å². The van der Waals surface area contributed by atoms with Crippen LogP contribution in [0.4, 0.5) is 0 Å². The molecule has 0 aliphatic carbocycles. The first-order valence-electron chi connectivity index (χ1n) is 7.02. The molecular formula is C15H25N3OS. The summed E-state index contributed by atoms with van der Waals surface area (Å²) in [5.74, 6) is 2.47. The molecule has 0 heterocycles. The molecule has 112 valence electrons. The van der Waals surface area contributed by atoms with E-state index >= 15 is 0 Å². The molecule has 4 N–H and O–H groups in total. The fourth-order valence-electron chi connectivity index (χ4n) is 1.97. The smallest absolute Gasteiger partial charge is 0.147 e. The van der Waals surface area contributed by atoms with Crippen molar-refractivity contribution in [2.45, 2.75) is 32.2 Å². The van der Waals surface area contributed by atoms with E-state index in [2.05, 4.69) is 24.3 Å². The molecule has 1 aromatic rings. The highest BCUT2D eigenvalue weighted by atomic mass is 32.2. The maximum Gasteiger partial charge on any atom is 0.147 e. The molecule has 1 rings (SSSR count). The van der Waals surface area contributed by atoms with Crippen LogP contribution in [0.25, 0.3) is 0 Å². The van der Waals surface area contributed by atoms with Crippen molar-refractivity contribution >= 4 is 17.6 Å². The number of thioether (sulfide) groups is 1. The standard InChI is InChI=1S/C15H25N3OS/c1-3-20-10-9-12(2)17-11-14(15(16)18-19)13-7-5-4-6-8-13/h4-8,12,14,17,19H,3,9-11H2,1-2H3,(H2,16,18). The minimum absolute atomic E-state index is 0.0949. The van der Waals surface area contributed by atoms with Gasteiger partial charge in [-0.05, 0) is 30.4 Å². The maximum atomic E-state index is 8.94. The van der Waals surface area contributed by atoms with Crippen LogP contribution in [0.15, 0.2) is 35.5 Å². The van der Waals surface area contributed by atoms with Crippen LogP contribution in [0.1, 0.15) is 31.7 Å². The van der Waals surface area contributed by atoms with Gasteiger partial charge in [-0.2, -0.15) is 11.8 Å². The van der Waals surface area contributed by atoms with Crippen LogP contribution in [0, 0.1) is 0 Å². The largest absolute Gasteiger partial charge is 0.409 e. The number of oxime groups is 1. The van der Waals surface area contributed by atoms with Gasteiger partial charge in [0.15, 0.2) is 0 Å². The Morgan fingerprint density at radius 3 is 2.70 bits per heavy atom. The van der Waals surface area contributed by atoms with Gasteiger partial charge in [-0.25, -0.2) is 0 Å². The molecule has 5 heteroatoms. The summed E-state index contributed by atoms with van der Waals surface area (Å²) in [6.07, 6.45) is 1.12. The molecule has 0 saturated heterocycles. The SMILES string of the molecule is CCSCCC(C)NCC(/C(N)=N/O)c1ccccc1. The van der Waals surface area contributed by atoms with Gasteiger partial charge in [0.1, 0.15) is 5.84 Å². The molecule has 20 heavy (non-hydrogen) atoms. The topological polar surface area (TPSA) is 70.6 Å². The van der Waals surface area contributed by atoms with E-state index in [0.29, 0.717) is 12.6 Å². The van der Waals surface area contributed by atoms with Gasteiger partial charge in [0.05, 0.1) is 5.92 Å². The molecule has 0 aromatic heterocycles. The second kappa shape index (κ2) is 9.66. The van der Waals surface area contributed by atoms with Crippen LogP contribution >= 0.6 is 11.8 Å². The number of hydrogen-bond acceptors (Lipinski definition) is 4. The summed E-state index contributed by atoms with van der Waals surface area (Å²) in [6, 6.07) is 10.3. The van der Waals surface area contributed by atoms with Gasteiger partial charge in [0.25, 0.3) is 0 Å². The van der Waals surface area contributed by atoms with Crippen molar-refractivity contribution in [3.8, 4) is 0 Å². The Morgan fingerprint density at radius 1 is 1.40 bits per heavy atom. The summed E-state index contributed by atoms with van der Waals surface area (Å²) in [6.45, 7) is 5.02. The summed E-state index contributed by atoms with van der Waals surface area (Å²) in [7, 11) is 0. The van der Waals surface area contributed by atoms with Crippen molar-refractivity contribution in [1.82, 2.24) is 5.32 Å². The van der Waals surface area contributed by atoms with Crippen LogP contribution < -0.4 is 11.1 Å². The first-order valence-corrected chi connectivity index (χ1v) is 8.18. The first kappa shape index (κ1) is 16.9. The van der Waals surface area contributed by atoms with Gasteiger partial charge in [0.2, 0.25) is 0 Å². The van der Waals surface area contributed by atoms with Gasteiger partial charge < -0.3 is 16.3 Å². The molecule has 2 atom stereocenters. The van der Waals surface area contributed by atoms with Crippen LogP contribution in [-0.4, -0.2) is 35.1 Å². The lowest BCUT2D eigenvalue weighted by molar-refractivity contribution is 0.315. The van der Waals surface area contributed by atoms with Crippen molar-refractivity contribution in [1.29, 1.82) is 0 Å². The lowest BCUT2D eigenvalue weighted by Crippen LogP contribution is -2.36. The quantitative estimate of drug-likeness (QED) is 0.215. The molecule has 4 nitrogen and oxygen atoms in total. The third kappa shape index (κ3) is 5.84. The zero-order valence-electron chi connectivity index (χ0n) is 12.2. The number of benzene rings is 1. The van der Waals surface area contributed by atoms with Crippen molar-refractivity contribution in [3.05, 3.63) is 35.9 Å². The van der Waals surface area contributed by atoms with Gasteiger partial charge >= 0.3 is 0 Å². The van der Waals surface area contributed by atoms with E-state index in [1.807, 2.05) is 42.1 Å². The number of nitrogens with two attached hydrogens (primary N) is 1. The molecular weight excluding hydrogens is 270 g/mol. The second-order valence-corrected chi connectivity index (χ2v) is 6.18. The van der Waals surface area contributed by atoms with Gasteiger partial charge in [-0.15, -0.1) is 0 Å². The fraction of sp³-hybridized carbons (Fsp3) is 0.533. The van der Waals surface area contributed by atoms with Gasteiger partial charge in [0, 0.05) is 12.6 Å². The number of rotatable bonds is 9. The van der Waals surface area contributed by atoms with Crippen LogP contribution in [0.3, 0.4) is 0 Å². The van der Waals surface area contributed by atoms with Crippen molar-refractivity contribution in [2.24, 2.45) is 10.9 Å². The lowest BCUT2D eigenvalue weighted by atomic mass is 9.97. The Balaban J connectivity index is 2.54. The Kier molecular flexibility index (Phi) is 8.14.